The quantitative estimate of drug-likeness (QED) is 0.819. The molecule has 0 bridgehead atoms. The molecule has 0 saturated carbocycles. The first kappa shape index (κ1) is 19.7. The van der Waals surface area contributed by atoms with Crippen molar-refractivity contribution < 1.29 is 0 Å². The molecule has 1 aromatic rings. The van der Waals surface area contributed by atoms with Gasteiger partial charge in [-0.25, -0.2) is 0 Å². The van der Waals surface area contributed by atoms with Gasteiger partial charge in [0.15, 0.2) is 0 Å². The molecule has 126 valence electrons. The number of benzene rings is 1. The van der Waals surface area contributed by atoms with Crippen molar-refractivity contribution in [3.63, 3.8) is 0 Å². The summed E-state index contributed by atoms with van der Waals surface area (Å²) in [5, 5.41) is 7.19. The van der Waals surface area contributed by atoms with Crippen molar-refractivity contribution in [3.05, 3.63) is 35.4 Å². The van der Waals surface area contributed by atoms with Gasteiger partial charge < -0.3 is 10.6 Å². The number of nitrogens with zero attached hydrogens (tertiary/aromatic N) is 1. The van der Waals surface area contributed by atoms with Crippen LogP contribution in [0.3, 0.4) is 0 Å². The van der Waals surface area contributed by atoms with Crippen molar-refractivity contribution in [1.82, 2.24) is 15.5 Å². The van der Waals surface area contributed by atoms with Gasteiger partial charge in [0.1, 0.15) is 0 Å². The fourth-order valence-corrected chi connectivity index (χ4v) is 3.41. The normalized spacial score (nSPS) is 19.5. The molecule has 5 heteroatoms. The van der Waals surface area contributed by atoms with Crippen LogP contribution in [0.15, 0.2) is 24.3 Å². The Morgan fingerprint density at radius 1 is 1.00 bits per heavy atom. The Bertz CT molecular complexity index is 395. The highest BCUT2D eigenvalue weighted by atomic mass is 35.5. The molecule has 1 fully saturated rings. The molecule has 1 aliphatic carbocycles. The van der Waals surface area contributed by atoms with Gasteiger partial charge in [-0.2, -0.15) is 0 Å². The highest BCUT2D eigenvalue weighted by Gasteiger charge is 2.16. The lowest BCUT2D eigenvalue weighted by Gasteiger charge is -2.28. The number of hydrogen-bond donors (Lipinski definition) is 2. The molecule has 0 spiro atoms. The van der Waals surface area contributed by atoms with E-state index in [1.807, 2.05) is 0 Å². The lowest BCUT2D eigenvalue weighted by molar-refractivity contribution is 0.236. The van der Waals surface area contributed by atoms with Gasteiger partial charge in [-0.1, -0.05) is 24.3 Å². The lowest BCUT2D eigenvalue weighted by atomic mass is 10.0. The van der Waals surface area contributed by atoms with Crippen LogP contribution < -0.4 is 10.6 Å². The van der Waals surface area contributed by atoms with E-state index in [0.717, 1.165) is 19.6 Å². The van der Waals surface area contributed by atoms with Gasteiger partial charge in [0.25, 0.3) is 0 Å². The van der Waals surface area contributed by atoms with Crippen LogP contribution in [-0.2, 0) is 12.8 Å². The van der Waals surface area contributed by atoms with E-state index in [9.17, 15) is 0 Å². The van der Waals surface area contributed by atoms with E-state index < -0.39 is 0 Å². The van der Waals surface area contributed by atoms with Crippen molar-refractivity contribution in [2.45, 2.75) is 31.7 Å². The van der Waals surface area contributed by atoms with Crippen molar-refractivity contribution in [3.8, 4) is 0 Å². The van der Waals surface area contributed by atoms with Crippen molar-refractivity contribution in [2.24, 2.45) is 0 Å². The Morgan fingerprint density at radius 3 is 2.18 bits per heavy atom. The third-order valence-corrected chi connectivity index (χ3v) is 4.71. The first-order valence-electron chi connectivity index (χ1n) is 8.15. The fourth-order valence-electron chi connectivity index (χ4n) is 3.41. The summed E-state index contributed by atoms with van der Waals surface area (Å²) in [7, 11) is 0. The zero-order valence-electron chi connectivity index (χ0n) is 13.2. The van der Waals surface area contributed by atoms with E-state index in [0.29, 0.717) is 6.04 Å². The summed E-state index contributed by atoms with van der Waals surface area (Å²) in [6.45, 7) is 7.05. The summed E-state index contributed by atoms with van der Waals surface area (Å²) < 4.78 is 0. The number of hydrogen-bond acceptors (Lipinski definition) is 3. The summed E-state index contributed by atoms with van der Waals surface area (Å²) in [6.07, 6.45) is 5.06. The zero-order valence-corrected chi connectivity index (χ0v) is 14.9. The topological polar surface area (TPSA) is 27.3 Å². The van der Waals surface area contributed by atoms with Gasteiger partial charge in [0.05, 0.1) is 0 Å². The summed E-state index contributed by atoms with van der Waals surface area (Å²) in [6, 6.07) is 9.66. The molecule has 0 radical (unpaired) electrons. The van der Waals surface area contributed by atoms with Crippen molar-refractivity contribution >= 4 is 24.8 Å². The summed E-state index contributed by atoms with van der Waals surface area (Å²) >= 11 is 0. The lowest BCUT2D eigenvalue weighted by Crippen LogP contribution is -2.46. The Kier molecular flexibility index (Phi) is 9.37. The Morgan fingerprint density at radius 2 is 1.59 bits per heavy atom. The van der Waals surface area contributed by atoms with E-state index in [1.165, 1.54) is 45.3 Å². The zero-order chi connectivity index (χ0) is 13.6. The third kappa shape index (κ3) is 5.71. The molecule has 1 aliphatic heterocycles. The molecule has 1 saturated heterocycles. The number of fused-ring (bicyclic) bond motifs is 1. The predicted octanol–water partition coefficient (Wildman–Crippen LogP) is 2.27. The van der Waals surface area contributed by atoms with E-state index in [-0.39, 0.29) is 24.8 Å². The van der Waals surface area contributed by atoms with Crippen LogP contribution in [0, 0.1) is 0 Å². The van der Waals surface area contributed by atoms with Crippen LogP contribution in [0.5, 0.6) is 0 Å². The third-order valence-electron chi connectivity index (χ3n) is 4.71. The minimum absolute atomic E-state index is 0. The van der Waals surface area contributed by atoms with Gasteiger partial charge in [0, 0.05) is 45.3 Å². The molecule has 3 rings (SSSR count). The van der Waals surface area contributed by atoms with Crippen LogP contribution in [-0.4, -0.2) is 50.2 Å². The second-order valence-electron chi connectivity index (χ2n) is 6.09. The number of aryl methyl sites for hydroxylation is 2. The van der Waals surface area contributed by atoms with Crippen LogP contribution >= 0.6 is 24.8 Å². The van der Waals surface area contributed by atoms with E-state index >= 15 is 0 Å². The molecule has 0 amide bonds. The summed E-state index contributed by atoms with van der Waals surface area (Å²) in [4.78, 5) is 2.56. The number of rotatable bonds is 4. The molecule has 0 atom stereocenters. The van der Waals surface area contributed by atoms with Crippen LogP contribution in [0.1, 0.15) is 24.0 Å². The van der Waals surface area contributed by atoms with Crippen LogP contribution in [0.25, 0.3) is 0 Å². The first-order chi connectivity index (χ1) is 9.92. The second kappa shape index (κ2) is 10.5. The monoisotopic (exact) mass is 345 g/mol. The highest BCUT2D eigenvalue weighted by Crippen LogP contribution is 2.20. The summed E-state index contributed by atoms with van der Waals surface area (Å²) in [5.74, 6) is 0. The minimum atomic E-state index is 0. The molecule has 2 N–H and O–H groups in total. The van der Waals surface area contributed by atoms with E-state index in [1.54, 1.807) is 11.1 Å². The van der Waals surface area contributed by atoms with Gasteiger partial charge in [-0.15, -0.1) is 24.8 Å². The smallest absolute Gasteiger partial charge is 0.0108 e. The average Bonchev–Trinajstić information content (AvgIpc) is 2.71. The standard InChI is InChI=1S/C17H27N3.2ClH/c1-2-4-16-6-8-17(7-5-15(16)3-1)19-11-14-20-12-9-18-10-13-20;;/h1-4,17-19H,5-14H2;2*1H. The number of halogens is 2. The van der Waals surface area contributed by atoms with Gasteiger partial charge in [-0.05, 0) is 36.8 Å². The maximum absolute atomic E-state index is 3.78. The Balaban J connectivity index is 0.00000121. The Hall–Kier alpha value is -0.320. The molecule has 0 unspecified atom stereocenters. The van der Waals surface area contributed by atoms with Gasteiger partial charge in [0.2, 0.25) is 0 Å². The maximum Gasteiger partial charge on any atom is 0.0108 e. The SMILES string of the molecule is Cl.Cl.c1ccc2c(c1)CCC(NCCN1CCNCC1)CC2. The fraction of sp³-hybridized carbons (Fsp3) is 0.647. The molecular formula is C17H29Cl2N3. The largest absolute Gasteiger partial charge is 0.314 e. The van der Waals surface area contributed by atoms with E-state index in [4.69, 9.17) is 0 Å². The molecular weight excluding hydrogens is 317 g/mol. The molecule has 2 aliphatic rings. The van der Waals surface area contributed by atoms with Gasteiger partial charge >= 0.3 is 0 Å². The molecule has 1 heterocycles. The molecule has 1 aromatic carbocycles. The number of piperazine rings is 1. The predicted molar refractivity (Wildman–Crippen MR) is 98.7 cm³/mol. The van der Waals surface area contributed by atoms with Gasteiger partial charge in [-0.3, -0.25) is 4.90 Å². The number of nitrogens with one attached hydrogen (secondary N) is 2. The molecule has 3 nitrogen and oxygen atoms in total. The first-order valence-corrected chi connectivity index (χ1v) is 8.15. The van der Waals surface area contributed by atoms with Crippen LogP contribution in [0.4, 0.5) is 0 Å². The van der Waals surface area contributed by atoms with Crippen molar-refractivity contribution in [2.75, 3.05) is 39.3 Å². The summed E-state index contributed by atoms with van der Waals surface area (Å²) in [5.41, 5.74) is 3.14. The second-order valence-corrected chi connectivity index (χ2v) is 6.09. The maximum atomic E-state index is 3.78. The Labute approximate surface area is 147 Å². The van der Waals surface area contributed by atoms with E-state index in [2.05, 4.69) is 39.8 Å². The average molecular weight is 346 g/mol. The highest BCUT2D eigenvalue weighted by molar-refractivity contribution is 5.85. The molecule has 0 aromatic heterocycles. The minimum Gasteiger partial charge on any atom is -0.314 e. The van der Waals surface area contributed by atoms with Crippen molar-refractivity contribution in [1.29, 1.82) is 0 Å². The van der Waals surface area contributed by atoms with Crippen LogP contribution in [0.2, 0.25) is 0 Å². The molecule has 22 heavy (non-hydrogen) atoms.